The zero-order valence-corrected chi connectivity index (χ0v) is 11.3. The summed E-state index contributed by atoms with van der Waals surface area (Å²) in [6, 6.07) is 1.56. The summed E-state index contributed by atoms with van der Waals surface area (Å²) < 4.78 is 24.4. The van der Waals surface area contributed by atoms with Crippen LogP contribution in [0, 0.1) is 12.7 Å². The molecule has 0 spiro atoms. The number of hydrogen-bond acceptors (Lipinski definition) is 3. The van der Waals surface area contributed by atoms with E-state index in [4.69, 9.17) is 15.2 Å². The number of hydrogen-bond donors (Lipinski definition) is 1. The Morgan fingerprint density at radius 2 is 1.83 bits per heavy atom. The smallest absolute Gasteiger partial charge is 0.197 e. The third-order valence-electron chi connectivity index (χ3n) is 4.04. The van der Waals surface area contributed by atoms with Crippen LogP contribution in [0.1, 0.15) is 30.9 Å². The SMILES string of the molecule is COc1c(F)cc(C2(C(C)N)CC2)c(C)c1OC. The molecule has 1 aromatic rings. The van der Waals surface area contributed by atoms with E-state index < -0.39 is 0 Å². The van der Waals surface area contributed by atoms with Crippen LogP contribution in [0.5, 0.6) is 11.5 Å². The molecule has 0 heterocycles. The van der Waals surface area contributed by atoms with Crippen LogP contribution in [-0.4, -0.2) is 20.3 Å². The Balaban J connectivity index is 2.61. The van der Waals surface area contributed by atoms with Gasteiger partial charge in [-0.15, -0.1) is 0 Å². The minimum atomic E-state index is -0.387. The lowest BCUT2D eigenvalue weighted by molar-refractivity contribution is 0.333. The molecule has 100 valence electrons. The van der Waals surface area contributed by atoms with Gasteiger partial charge in [0.2, 0.25) is 0 Å². The van der Waals surface area contributed by atoms with E-state index in [1.165, 1.54) is 14.2 Å². The van der Waals surface area contributed by atoms with Crippen molar-refractivity contribution in [2.45, 2.75) is 38.1 Å². The second-order valence-electron chi connectivity index (χ2n) is 5.04. The Morgan fingerprint density at radius 1 is 1.28 bits per heavy atom. The summed E-state index contributed by atoms with van der Waals surface area (Å²) >= 11 is 0. The van der Waals surface area contributed by atoms with Gasteiger partial charge in [0.15, 0.2) is 17.3 Å². The van der Waals surface area contributed by atoms with E-state index in [-0.39, 0.29) is 23.0 Å². The van der Waals surface area contributed by atoms with E-state index in [1.54, 1.807) is 6.07 Å². The number of ether oxygens (including phenoxy) is 2. The summed E-state index contributed by atoms with van der Waals surface area (Å²) in [5.41, 5.74) is 7.83. The summed E-state index contributed by atoms with van der Waals surface area (Å²) in [6.45, 7) is 3.90. The van der Waals surface area contributed by atoms with Gasteiger partial charge >= 0.3 is 0 Å². The molecular formula is C14H20FNO2. The fraction of sp³-hybridized carbons (Fsp3) is 0.571. The lowest BCUT2D eigenvalue weighted by atomic mass is 9.86. The molecule has 1 saturated carbocycles. The number of benzene rings is 1. The third kappa shape index (κ3) is 1.75. The Bertz CT molecular complexity index is 467. The molecule has 2 N–H and O–H groups in total. The Labute approximate surface area is 107 Å². The highest BCUT2D eigenvalue weighted by molar-refractivity contribution is 5.55. The molecule has 0 radical (unpaired) electrons. The molecule has 0 saturated heterocycles. The lowest BCUT2D eigenvalue weighted by Gasteiger charge is -2.24. The Hall–Kier alpha value is -1.29. The van der Waals surface area contributed by atoms with E-state index >= 15 is 0 Å². The van der Waals surface area contributed by atoms with Gasteiger partial charge in [-0.25, -0.2) is 4.39 Å². The zero-order chi connectivity index (χ0) is 13.5. The monoisotopic (exact) mass is 253 g/mol. The predicted molar refractivity (Wildman–Crippen MR) is 68.8 cm³/mol. The quantitative estimate of drug-likeness (QED) is 0.896. The molecule has 1 aliphatic rings. The molecule has 1 unspecified atom stereocenters. The molecule has 1 aliphatic carbocycles. The van der Waals surface area contributed by atoms with Gasteiger partial charge in [0.25, 0.3) is 0 Å². The van der Waals surface area contributed by atoms with Crippen molar-refractivity contribution < 1.29 is 13.9 Å². The van der Waals surface area contributed by atoms with Gasteiger partial charge in [0.1, 0.15) is 0 Å². The van der Waals surface area contributed by atoms with Crippen molar-refractivity contribution in [3.05, 3.63) is 23.0 Å². The number of halogens is 1. The molecule has 0 aliphatic heterocycles. The Morgan fingerprint density at radius 3 is 2.22 bits per heavy atom. The molecule has 1 aromatic carbocycles. The predicted octanol–water partition coefficient (Wildman–Crippen LogP) is 2.53. The summed E-state index contributed by atoms with van der Waals surface area (Å²) in [5, 5.41) is 0. The first-order valence-corrected chi connectivity index (χ1v) is 6.15. The number of nitrogens with two attached hydrogens (primary N) is 1. The van der Waals surface area contributed by atoms with Crippen molar-refractivity contribution in [1.29, 1.82) is 0 Å². The molecule has 0 amide bonds. The van der Waals surface area contributed by atoms with E-state index in [0.29, 0.717) is 5.75 Å². The van der Waals surface area contributed by atoms with Crippen molar-refractivity contribution in [1.82, 2.24) is 0 Å². The maximum Gasteiger partial charge on any atom is 0.197 e. The summed E-state index contributed by atoms with van der Waals surface area (Å²) in [4.78, 5) is 0. The molecular weight excluding hydrogens is 233 g/mol. The van der Waals surface area contributed by atoms with Crippen LogP contribution < -0.4 is 15.2 Å². The zero-order valence-electron chi connectivity index (χ0n) is 11.3. The van der Waals surface area contributed by atoms with E-state index in [2.05, 4.69) is 0 Å². The fourth-order valence-electron chi connectivity index (χ4n) is 2.76. The molecule has 0 bridgehead atoms. The summed E-state index contributed by atoms with van der Waals surface area (Å²) in [6.07, 6.45) is 2.00. The van der Waals surface area contributed by atoms with Gasteiger partial charge in [0.05, 0.1) is 14.2 Å². The van der Waals surface area contributed by atoms with Crippen molar-refractivity contribution in [3.63, 3.8) is 0 Å². The highest BCUT2D eigenvalue weighted by Gasteiger charge is 2.49. The normalized spacial score (nSPS) is 18.3. The molecule has 2 rings (SSSR count). The van der Waals surface area contributed by atoms with Crippen LogP contribution in [-0.2, 0) is 5.41 Å². The maximum atomic E-state index is 14.1. The molecule has 1 atom stereocenters. The van der Waals surface area contributed by atoms with Crippen LogP contribution in [0.4, 0.5) is 4.39 Å². The first-order valence-electron chi connectivity index (χ1n) is 6.15. The van der Waals surface area contributed by atoms with Crippen molar-refractivity contribution in [2.75, 3.05) is 14.2 Å². The van der Waals surface area contributed by atoms with Crippen molar-refractivity contribution in [2.24, 2.45) is 5.73 Å². The standard InChI is InChI=1S/C14H20FNO2/c1-8-10(14(5-6-14)9(2)16)7-11(15)13(18-4)12(8)17-3/h7,9H,5-6,16H2,1-4H3. The largest absolute Gasteiger partial charge is 0.492 e. The topological polar surface area (TPSA) is 44.5 Å². The first-order chi connectivity index (χ1) is 8.47. The van der Waals surface area contributed by atoms with Crippen LogP contribution in [0.15, 0.2) is 6.07 Å². The molecule has 3 nitrogen and oxygen atoms in total. The lowest BCUT2D eigenvalue weighted by Crippen LogP contribution is -2.32. The summed E-state index contributed by atoms with van der Waals surface area (Å²) in [7, 11) is 2.97. The minimum absolute atomic E-state index is 0.00806. The van der Waals surface area contributed by atoms with Gasteiger partial charge in [-0.1, -0.05) is 0 Å². The average Bonchev–Trinajstić information content (AvgIpc) is 3.12. The first kappa shape index (κ1) is 13.1. The number of methoxy groups -OCH3 is 2. The van der Waals surface area contributed by atoms with Gasteiger partial charge in [-0.2, -0.15) is 0 Å². The van der Waals surface area contributed by atoms with Crippen LogP contribution in [0.3, 0.4) is 0 Å². The average molecular weight is 253 g/mol. The number of rotatable bonds is 4. The van der Waals surface area contributed by atoms with Crippen molar-refractivity contribution in [3.8, 4) is 11.5 Å². The second-order valence-corrected chi connectivity index (χ2v) is 5.04. The minimum Gasteiger partial charge on any atom is -0.492 e. The van der Waals surface area contributed by atoms with Gasteiger partial charge in [-0.3, -0.25) is 0 Å². The van der Waals surface area contributed by atoms with Gasteiger partial charge in [-0.05, 0) is 43.9 Å². The van der Waals surface area contributed by atoms with Gasteiger partial charge in [0, 0.05) is 11.5 Å². The van der Waals surface area contributed by atoms with Crippen molar-refractivity contribution >= 4 is 0 Å². The maximum absolute atomic E-state index is 14.1. The highest BCUT2D eigenvalue weighted by Crippen LogP contribution is 2.53. The van der Waals surface area contributed by atoms with E-state index in [0.717, 1.165) is 24.0 Å². The summed E-state index contributed by atoms with van der Waals surface area (Å²) in [5.74, 6) is 0.250. The Kier molecular flexibility index (Phi) is 3.23. The molecule has 0 aromatic heterocycles. The van der Waals surface area contributed by atoms with Crippen LogP contribution in [0.25, 0.3) is 0 Å². The van der Waals surface area contributed by atoms with Crippen LogP contribution in [0.2, 0.25) is 0 Å². The third-order valence-corrected chi connectivity index (χ3v) is 4.04. The second kappa shape index (κ2) is 4.43. The molecule has 18 heavy (non-hydrogen) atoms. The fourth-order valence-corrected chi connectivity index (χ4v) is 2.76. The van der Waals surface area contributed by atoms with Crippen LogP contribution >= 0.6 is 0 Å². The van der Waals surface area contributed by atoms with E-state index in [1.807, 2.05) is 13.8 Å². The molecule has 4 heteroatoms. The van der Waals surface area contributed by atoms with E-state index in [9.17, 15) is 4.39 Å². The highest BCUT2D eigenvalue weighted by atomic mass is 19.1. The molecule has 1 fully saturated rings. The van der Waals surface area contributed by atoms with Gasteiger partial charge < -0.3 is 15.2 Å².